The highest BCUT2D eigenvalue weighted by Gasteiger charge is 2.51. The highest BCUT2D eigenvalue weighted by Crippen LogP contribution is 2.47. The van der Waals surface area contributed by atoms with E-state index < -0.39 is 5.60 Å². The Morgan fingerprint density at radius 1 is 1.20 bits per heavy atom. The van der Waals surface area contributed by atoms with Crippen LogP contribution in [0, 0.1) is 11.8 Å². The Kier molecular flexibility index (Phi) is 4.28. The number of carbonyl (C=O) groups is 2. The van der Waals surface area contributed by atoms with Crippen molar-refractivity contribution in [2.24, 2.45) is 11.8 Å². The van der Waals surface area contributed by atoms with E-state index in [1.807, 2.05) is 35.2 Å². The van der Waals surface area contributed by atoms with Gasteiger partial charge in [-0.3, -0.25) is 9.59 Å². The van der Waals surface area contributed by atoms with Crippen LogP contribution in [-0.2, 0) is 15.2 Å². The number of rotatable bonds is 2. The summed E-state index contributed by atoms with van der Waals surface area (Å²) in [5, 5.41) is 14.3. The lowest BCUT2D eigenvalue weighted by atomic mass is 9.66. The minimum absolute atomic E-state index is 0.0312. The molecule has 2 saturated heterocycles. The molecule has 2 heterocycles. The molecule has 3 fully saturated rings. The lowest BCUT2D eigenvalue weighted by molar-refractivity contribution is -0.158. The summed E-state index contributed by atoms with van der Waals surface area (Å²) < 4.78 is 0. The molecular formula is C20H26N2O3. The van der Waals surface area contributed by atoms with E-state index in [4.69, 9.17) is 0 Å². The molecule has 2 aliphatic heterocycles. The third-order valence-electron chi connectivity index (χ3n) is 6.36. The number of likely N-dealkylation sites (tertiary alicyclic amines) is 1. The second kappa shape index (κ2) is 6.45. The Balaban J connectivity index is 1.60. The van der Waals surface area contributed by atoms with Crippen molar-refractivity contribution in [2.45, 2.75) is 50.2 Å². The van der Waals surface area contributed by atoms with Crippen LogP contribution in [0.4, 0.5) is 0 Å². The predicted octanol–water partition coefficient (Wildman–Crippen LogP) is 1.80. The molecule has 1 aromatic rings. The number of piperidine rings is 1. The maximum Gasteiger partial charge on any atom is 0.228 e. The number of aliphatic hydroxyl groups is 1. The van der Waals surface area contributed by atoms with Crippen LogP contribution in [0.25, 0.3) is 0 Å². The molecular weight excluding hydrogens is 316 g/mol. The fourth-order valence-corrected chi connectivity index (χ4v) is 5.06. The van der Waals surface area contributed by atoms with Crippen molar-refractivity contribution in [3.05, 3.63) is 35.9 Å². The molecule has 1 aromatic carbocycles. The van der Waals surface area contributed by atoms with Crippen molar-refractivity contribution >= 4 is 11.8 Å². The summed E-state index contributed by atoms with van der Waals surface area (Å²) in [6.45, 7) is 1.02. The number of benzene rings is 1. The molecule has 4 atom stereocenters. The molecule has 1 aliphatic carbocycles. The third-order valence-corrected chi connectivity index (χ3v) is 6.36. The maximum absolute atomic E-state index is 13.0. The molecule has 3 aliphatic rings. The van der Waals surface area contributed by atoms with Gasteiger partial charge in [0.1, 0.15) is 0 Å². The van der Waals surface area contributed by atoms with E-state index in [0.29, 0.717) is 25.9 Å². The summed E-state index contributed by atoms with van der Waals surface area (Å²) in [4.78, 5) is 26.5. The number of hydrogen-bond acceptors (Lipinski definition) is 3. The van der Waals surface area contributed by atoms with Gasteiger partial charge in [0.05, 0.1) is 11.5 Å². The van der Waals surface area contributed by atoms with Gasteiger partial charge in [0, 0.05) is 31.5 Å². The van der Waals surface area contributed by atoms with Crippen LogP contribution in [0.15, 0.2) is 30.3 Å². The topological polar surface area (TPSA) is 69.6 Å². The summed E-state index contributed by atoms with van der Waals surface area (Å²) >= 11 is 0. The largest absolute Gasteiger partial charge is 0.385 e. The number of amides is 2. The van der Waals surface area contributed by atoms with Crippen molar-refractivity contribution in [1.29, 1.82) is 0 Å². The van der Waals surface area contributed by atoms with E-state index in [2.05, 4.69) is 5.32 Å². The van der Waals surface area contributed by atoms with E-state index in [-0.39, 0.29) is 29.7 Å². The first-order chi connectivity index (χ1) is 12.1. The van der Waals surface area contributed by atoms with Crippen molar-refractivity contribution in [1.82, 2.24) is 10.2 Å². The number of nitrogens with zero attached hydrogens (tertiary/aromatic N) is 1. The molecule has 0 bridgehead atoms. The van der Waals surface area contributed by atoms with Crippen LogP contribution in [0.3, 0.4) is 0 Å². The zero-order valence-electron chi connectivity index (χ0n) is 14.5. The summed E-state index contributed by atoms with van der Waals surface area (Å²) in [5.74, 6) is -0.105. The Hall–Kier alpha value is -1.88. The van der Waals surface area contributed by atoms with Gasteiger partial charge < -0.3 is 15.3 Å². The second-order valence-electron chi connectivity index (χ2n) is 7.74. The summed E-state index contributed by atoms with van der Waals surface area (Å²) in [6.07, 6.45) is 4.95. The SMILES string of the molecule is O=C1CC(C(=O)N2CC[C@@](O)(c3ccccc3)[C@@H]3CCCC[C@@H]32)CN1. The number of hydrogen-bond donors (Lipinski definition) is 2. The molecule has 25 heavy (non-hydrogen) atoms. The van der Waals surface area contributed by atoms with E-state index in [1.165, 1.54) is 0 Å². The summed E-state index contributed by atoms with van der Waals surface area (Å²) in [5.41, 5.74) is 0.115. The van der Waals surface area contributed by atoms with E-state index in [9.17, 15) is 14.7 Å². The molecule has 5 nitrogen and oxygen atoms in total. The van der Waals surface area contributed by atoms with Crippen LogP contribution in [0.1, 0.15) is 44.1 Å². The van der Waals surface area contributed by atoms with Gasteiger partial charge in [0.25, 0.3) is 0 Å². The minimum atomic E-state index is -0.854. The van der Waals surface area contributed by atoms with Gasteiger partial charge in [-0.05, 0) is 24.8 Å². The second-order valence-corrected chi connectivity index (χ2v) is 7.74. The molecule has 0 aromatic heterocycles. The monoisotopic (exact) mass is 342 g/mol. The third kappa shape index (κ3) is 2.84. The summed E-state index contributed by atoms with van der Waals surface area (Å²) in [6, 6.07) is 9.99. The first kappa shape index (κ1) is 16.6. The normalized spacial score (nSPS) is 35.2. The highest BCUT2D eigenvalue weighted by molar-refractivity contribution is 5.89. The molecule has 0 radical (unpaired) electrons. The predicted molar refractivity (Wildman–Crippen MR) is 93.5 cm³/mol. The number of carbonyl (C=O) groups excluding carboxylic acids is 2. The molecule has 2 amide bonds. The van der Waals surface area contributed by atoms with Crippen LogP contribution in [0.5, 0.6) is 0 Å². The molecule has 2 N–H and O–H groups in total. The van der Waals surface area contributed by atoms with Crippen molar-refractivity contribution < 1.29 is 14.7 Å². The molecule has 5 heteroatoms. The molecule has 134 valence electrons. The van der Waals surface area contributed by atoms with Crippen molar-refractivity contribution in [2.75, 3.05) is 13.1 Å². The average Bonchev–Trinajstić information content (AvgIpc) is 3.09. The van der Waals surface area contributed by atoms with Crippen LogP contribution in [0.2, 0.25) is 0 Å². The molecule has 0 spiro atoms. The smallest absolute Gasteiger partial charge is 0.228 e. The van der Waals surface area contributed by atoms with Gasteiger partial charge in [0.15, 0.2) is 0 Å². The fourth-order valence-electron chi connectivity index (χ4n) is 5.06. The van der Waals surface area contributed by atoms with Gasteiger partial charge in [-0.1, -0.05) is 43.2 Å². The molecule has 1 unspecified atom stereocenters. The number of nitrogens with one attached hydrogen (secondary N) is 1. The number of fused-ring (bicyclic) bond motifs is 1. The Bertz CT molecular complexity index is 662. The molecule has 1 saturated carbocycles. The zero-order chi connectivity index (χ0) is 17.4. The Labute approximate surface area is 148 Å². The van der Waals surface area contributed by atoms with Crippen molar-refractivity contribution in [3.8, 4) is 0 Å². The van der Waals surface area contributed by atoms with Crippen LogP contribution < -0.4 is 5.32 Å². The minimum Gasteiger partial charge on any atom is -0.385 e. The van der Waals surface area contributed by atoms with Gasteiger partial charge in [-0.25, -0.2) is 0 Å². The zero-order valence-corrected chi connectivity index (χ0v) is 14.5. The first-order valence-corrected chi connectivity index (χ1v) is 9.44. The molecule has 4 rings (SSSR count). The lowest BCUT2D eigenvalue weighted by Gasteiger charge is -2.53. The standard InChI is InChI=1S/C20H26N2O3/c23-18-12-14(13-21-18)19(24)22-11-10-20(25,15-6-2-1-3-7-15)16-8-4-5-9-17(16)22/h1-3,6-7,14,16-17,25H,4-5,8-13H2,(H,21,23)/t14?,16-,17+,20-/m1/s1. The van der Waals surface area contributed by atoms with Gasteiger partial charge in [0.2, 0.25) is 11.8 Å². The quantitative estimate of drug-likeness (QED) is 0.861. The maximum atomic E-state index is 13.0. The van der Waals surface area contributed by atoms with E-state index in [0.717, 1.165) is 31.2 Å². The first-order valence-electron chi connectivity index (χ1n) is 9.44. The van der Waals surface area contributed by atoms with Crippen LogP contribution >= 0.6 is 0 Å². The average molecular weight is 342 g/mol. The highest BCUT2D eigenvalue weighted by atomic mass is 16.3. The van der Waals surface area contributed by atoms with Crippen molar-refractivity contribution in [3.63, 3.8) is 0 Å². The Morgan fingerprint density at radius 3 is 2.68 bits per heavy atom. The van der Waals surface area contributed by atoms with E-state index in [1.54, 1.807) is 0 Å². The van der Waals surface area contributed by atoms with Gasteiger partial charge in [-0.15, -0.1) is 0 Å². The Morgan fingerprint density at radius 2 is 1.96 bits per heavy atom. The van der Waals surface area contributed by atoms with Crippen LogP contribution in [-0.4, -0.2) is 41.0 Å². The summed E-state index contributed by atoms with van der Waals surface area (Å²) in [7, 11) is 0. The van der Waals surface area contributed by atoms with Gasteiger partial charge in [-0.2, -0.15) is 0 Å². The fraction of sp³-hybridized carbons (Fsp3) is 0.600. The van der Waals surface area contributed by atoms with Gasteiger partial charge >= 0.3 is 0 Å². The lowest BCUT2D eigenvalue weighted by Crippen LogP contribution is -2.60. The van der Waals surface area contributed by atoms with E-state index >= 15 is 0 Å².